The van der Waals surface area contributed by atoms with E-state index in [-0.39, 0.29) is 0 Å². The normalized spacial score (nSPS) is 10.8. The van der Waals surface area contributed by atoms with E-state index in [1.807, 2.05) is 42.5 Å². The summed E-state index contributed by atoms with van der Waals surface area (Å²) >= 11 is 0. The Labute approximate surface area is 142 Å². The third kappa shape index (κ3) is 4.88. The fraction of sp³-hybridized carbons (Fsp3) is 0.250. The lowest BCUT2D eigenvalue weighted by molar-refractivity contribution is -0.131. The maximum atomic E-state index is 10.6. The number of hydrogen-bond acceptors (Lipinski definition) is 3. The van der Waals surface area contributed by atoms with E-state index in [1.165, 1.54) is 0 Å². The molecule has 0 bridgehead atoms. The van der Waals surface area contributed by atoms with Crippen LogP contribution >= 0.6 is 0 Å². The van der Waals surface area contributed by atoms with Gasteiger partial charge in [-0.15, -0.1) is 0 Å². The van der Waals surface area contributed by atoms with Gasteiger partial charge in [-0.25, -0.2) is 4.79 Å². The molecule has 4 nitrogen and oxygen atoms in total. The Morgan fingerprint density at radius 2 is 1.92 bits per heavy atom. The van der Waals surface area contributed by atoms with Gasteiger partial charge in [0, 0.05) is 6.08 Å². The Morgan fingerprint density at radius 3 is 2.62 bits per heavy atom. The highest BCUT2D eigenvalue weighted by Crippen LogP contribution is 2.33. The first-order chi connectivity index (χ1) is 11.6. The van der Waals surface area contributed by atoms with Crippen LogP contribution in [0, 0.1) is 0 Å². The Kier molecular flexibility index (Phi) is 6.43. The second-order valence-corrected chi connectivity index (χ2v) is 5.36. The van der Waals surface area contributed by atoms with E-state index in [0.29, 0.717) is 12.4 Å². The molecule has 24 heavy (non-hydrogen) atoms. The van der Waals surface area contributed by atoms with E-state index in [0.717, 1.165) is 41.4 Å². The van der Waals surface area contributed by atoms with Crippen LogP contribution in [0.5, 0.6) is 11.5 Å². The molecule has 0 atom stereocenters. The van der Waals surface area contributed by atoms with Crippen molar-refractivity contribution in [1.82, 2.24) is 0 Å². The number of carbonyl (C=O) groups is 1. The number of ether oxygens (including phenoxy) is 2. The number of hydrogen-bond donors (Lipinski definition) is 1. The fourth-order valence-electron chi connectivity index (χ4n) is 2.28. The highest BCUT2D eigenvalue weighted by atomic mass is 16.5. The first-order valence-electron chi connectivity index (χ1n) is 7.96. The van der Waals surface area contributed by atoms with Gasteiger partial charge in [0.25, 0.3) is 0 Å². The van der Waals surface area contributed by atoms with Crippen molar-refractivity contribution >= 4 is 12.0 Å². The van der Waals surface area contributed by atoms with Crippen LogP contribution in [-0.2, 0) is 4.79 Å². The van der Waals surface area contributed by atoms with E-state index in [9.17, 15) is 4.79 Å². The quantitative estimate of drug-likeness (QED) is 0.567. The highest BCUT2D eigenvalue weighted by Gasteiger charge is 2.07. The number of carboxylic acids is 1. The summed E-state index contributed by atoms with van der Waals surface area (Å²) in [5, 5.41) is 8.73. The van der Waals surface area contributed by atoms with Crippen molar-refractivity contribution in [1.29, 1.82) is 0 Å². The first-order valence-corrected chi connectivity index (χ1v) is 7.96. The summed E-state index contributed by atoms with van der Waals surface area (Å²) in [6.07, 6.45) is 4.79. The van der Waals surface area contributed by atoms with Crippen LogP contribution in [0.1, 0.15) is 25.3 Å². The second kappa shape index (κ2) is 8.77. The minimum atomic E-state index is -0.962. The lowest BCUT2D eigenvalue weighted by atomic mass is 10.0. The molecule has 0 saturated heterocycles. The monoisotopic (exact) mass is 326 g/mol. The van der Waals surface area contributed by atoms with E-state index in [4.69, 9.17) is 14.6 Å². The van der Waals surface area contributed by atoms with Gasteiger partial charge in [0.1, 0.15) is 0 Å². The lowest BCUT2D eigenvalue weighted by Crippen LogP contribution is -1.98. The maximum Gasteiger partial charge on any atom is 0.328 e. The number of benzene rings is 2. The number of aliphatic carboxylic acids is 1. The number of rotatable bonds is 8. The van der Waals surface area contributed by atoms with Gasteiger partial charge in [-0.2, -0.15) is 0 Å². The molecule has 0 aromatic heterocycles. The molecular weight excluding hydrogens is 304 g/mol. The van der Waals surface area contributed by atoms with Crippen molar-refractivity contribution in [3.8, 4) is 22.6 Å². The molecule has 2 rings (SSSR count). The second-order valence-electron chi connectivity index (χ2n) is 5.36. The molecule has 0 amide bonds. The summed E-state index contributed by atoms with van der Waals surface area (Å²) in [7, 11) is 1.62. The molecule has 0 saturated carbocycles. The third-order valence-electron chi connectivity index (χ3n) is 3.56. The summed E-state index contributed by atoms with van der Waals surface area (Å²) in [4.78, 5) is 10.6. The standard InChI is InChI=1S/C20H22O4/c1-3-4-12-24-18-10-9-17(14-19(18)23-2)16-7-5-6-15(13-16)8-11-20(21)22/h5-11,13-14H,3-4,12H2,1-2H3,(H,21,22)/b11-8-. The third-order valence-corrected chi connectivity index (χ3v) is 3.56. The number of unbranched alkanes of at least 4 members (excludes halogenated alkanes) is 1. The molecule has 2 aromatic rings. The topological polar surface area (TPSA) is 55.8 Å². The predicted molar refractivity (Wildman–Crippen MR) is 95.5 cm³/mol. The van der Waals surface area contributed by atoms with Gasteiger partial charge in [-0.05, 0) is 47.4 Å². The van der Waals surface area contributed by atoms with Gasteiger partial charge >= 0.3 is 5.97 Å². The van der Waals surface area contributed by atoms with Crippen molar-refractivity contribution in [2.75, 3.05) is 13.7 Å². The maximum absolute atomic E-state index is 10.6. The zero-order valence-corrected chi connectivity index (χ0v) is 14.0. The summed E-state index contributed by atoms with van der Waals surface area (Å²) < 4.78 is 11.2. The summed E-state index contributed by atoms with van der Waals surface area (Å²) in [6.45, 7) is 2.79. The van der Waals surface area contributed by atoms with Crippen molar-refractivity contribution in [2.24, 2.45) is 0 Å². The Hall–Kier alpha value is -2.75. The van der Waals surface area contributed by atoms with Gasteiger partial charge in [0.05, 0.1) is 13.7 Å². The molecule has 0 radical (unpaired) electrons. The van der Waals surface area contributed by atoms with Gasteiger partial charge in [-0.3, -0.25) is 0 Å². The van der Waals surface area contributed by atoms with Gasteiger partial charge < -0.3 is 14.6 Å². The SMILES string of the molecule is CCCCOc1ccc(-c2cccc(/C=C\C(=O)O)c2)cc1OC. The van der Waals surface area contributed by atoms with Crippen molar-refractivity contribution < 1.29 is 19.4 Å². The van der Waals surface area contributed by atoms with Gasteiger partial charge in [0.2, 0.25) is 0 Å². The zero-order valence-electron chi connectivity index (χ0n) is 14.0. The minimum absolute atomic E-state index is 0.668. The highest BCUT2D eigenvalue weighted by molar-refractivity contribution is 5.85. The van der Waals surface area contributed by atoms with E-state index >= 15 is 0 Å². The lowest BCUT2D eigenvalue weighted by Gasteiger charge is -2.12. The Balaban J connectivity index is 2.25. The van der Waals surface area contributed by atoms with E-state index in [2.05, 4.69) is 6.92 Å². The molecule has 0 spiro atoms. The molecule has 1 N–H and O–H groups in total. The zero-order chi connectivity index (χ0) is 17.4. The molecule has 126 valence electrons. The van der Waals surface area contributed by atoms with Crippen molar-refractivity contribution in [2.45, 2.75) is 19.8 Å². The van der Waals surface area contributed by atoms with Crippen LogP contribution < -0.4 is 9.47 Å². The molecule has 0 aliphatic rings. The molecule has 0 aliphatic carbocycles. The van der Waals surface area contributed by atoms with Gasteiger partial charge in [-0.1, -0.05) is 37.6 Å². The average Bonchev–Trinajstić information content (AvgIpc) is 2.60. The molecular formula is C20H22O4. The smallest absolute Gasteiger partial charge is 0.328 e. The van der Waals surface area contributed by atoms with E-state index < -0.39 is 5.97 Å². The summed E-state index contributed by atoms with van der Waals surface area (Å²) in [5.41, 5.74) is 2.80. The van der Waals surface area contributed by atoms with Gasteiger partial charge in [0.15, 0.2) is 11.5 Å². The number of methoxy groups -OCH3 is 1. The average molecular weight is 326 g/mol. The summed E-state index contributed by atoms with van der Waals surface area (Å²) in [5.74, 6) is 0.461. The molecule has 0 aliphatic heterocycles. The van der Waals surface area contributed by atoms with Crippen LogP contribution in [0.4, 0.5) is 0 Å². The van der Waals surface area contributed by atoms with Crippen LogP contribution in [0.25, 0.3) is 17.2 Å². The first kappa shape index (κ1) is 17.6. The van der Waals surface area contributed by atoms with Crippen LogP contribution in [0.2, 0.25) is 0 Å². The van der Waals surface area contributed by atoms with Crippen LogP contribution in [0.15, 0.2) is 48.5 Å². The predicted octanol–water partition coefficient (Wildman–Crippen LogP) is 4.64. The fourth-order valence-corrected chi connectivity index (χ4v) is 2.28. The number of carboxylic acid groups (broad SMARTS) is 1. The molecule has 4 heteroatoms. The van der Waals surface area contributed by atoms with Crippen LogP contribution in [0.3, 0.4) is 0 Å². The Morgan fingerprint density at radius 1 is 1.12 bits per heavy atom. The van der Waals surface area contributed by atoms with Crippen LogP contribution in [-0.4, -0.2) is 24.8 Å². The molecule has 0 unspecified atom stereocenters. The Bertz CT molecular complexity index is 719. The molecule has 2 aromatic carbocycles. The summed E-state index contributed by atoms with van der Waals surface area (Å²) in [6, 6.07) is 13.5. The van der Waals surface area contributed by atoms with Crippen molar-refractivity contribution in [3.63, 3.8) is 0 Å². The largest absolute Gasteiger partial charge is 0.493 e. The minimum Gasteiger partial charge on any atom is -0.493 e. The molecule has 0 fully saturated rings. The van der Waals surface area contributed by atoms with Crippen molar-refractivity contribution in [3.05, 3.63) is 54.1 Å². The molecule has 0 heterocycles. The van der Waals surface area contributed by atoms with E-state index in [1.54, 1.807) is 13.2 Å².